The minimum absolute atomic E-state index is 0.204. The first kappa shape index (κ1) is 11.9. The molecule has 2 aromatic carbocycles. The topological polar surface area (TPSA) is 32.3 Å². The molecular formula is C15H14N2O. The van der Waals surface area contributed by atoms with Gasteiger partial charge in [0.1, 0.15) is 0 Å². The third-order valence-electron chi connectivity index (χ3n) is 2.42. The molecule has 0 atom stereocenters. The van der Waals surface area contributed by atoms with Crippen molar-refractivity contribution >= 4 is 17.3 Å². The summed E-state index contributed by atoms with van der Waals surface area (Å²) >= 11 is 0. The maximum absolute atomic E-state index is 11.9. The molecule has 0 aromatic heterocycles. The summed E-state index contributed by atoms with van der Waals surface area (Å²) in [5.41, 5.74) is 4.67. The summed E-state index contributed by atoms with van der Waals surface area (Å²) in [5, 5.41) is 1.46. The van der Waals surface area contributed by atoms with E-state index in [-0.39, 0.29) is 5.91 Å². The number of hydrazine groups is 1. The fourth-order valence-corrected chi connectivity index (χ4v) is 1.56. The van der Waals surface area contributed by atoms with E-state index in [1.54, 1.807) is 0 Å². The predicted molar refractivity (Wildman–Crippen MR) is 74.2 cm³/mol. The van der Waals surface area contributed by atoms with E-state index < -0.39 is 0 Å². The molecule has 3 heteroatoms. The highest BCUT2D eigenvalue weighted by atomic mass is 16.2. The first-order valence-corrected chi connectivity index (χ1v) is 5.64. The van der Waals surface area contributed by atoms with Crippen molar-refractivity contribution in [3.8, 4) is 0 Å². The van der Waals surface area contributed by atoms with Crippen LogP contribution in [0.4, 0.5) is 11.4 Å². The Labute approximate surface area is 106 Å². The van der Waals surface area contributed by atoms with Gasteiger partial charge < -0.3 is 0 Å². The molecule has 90 valence electrons. The van der Waals surface area contributed by atoms with E-state index >= 15 is 0 Å². The summed E-state index contributed by atoms with van der Waals surface area (Å²) in [5.74, 6) is -0.204. The molecule has 0 heterocycles. The van der Waals surface area contributed by atoms with E-state index in [0.717, 1.165) is 11.4 Å². The van der Waals surface area contributed by atoms with Crippen LogP contribution in [0.2, 0.25) is 0 Å². The number of hydrogen-bond acceptors (Lipinski definition) is 2. The van der Waals surface area contributed by atoms with Gasteiger partial charge in [-0.05, 0) is 30.3 Å². The average Bonchev–Trinajstić information content (AvgIpc) is 2.46. The minimum Gasteiger partial charge on any atom is -0.291 e. The fraction of sp³-hybridized carbons (Fsp3) is 0. The Bertz CT molecular complexity index is 523. The molecule has 2 rings (SSSR count). The van der Waals surface area contributed by atoms with Crippen LogP contribution in [-0.4, -0.2) is 5.91 Å². The molecule has 3 nitrogen and oxygen atoms in total. The number of hydrogen-bond donors (Lipinski definition) is 1. The van der Waals surface area contributed by atoms with Crippen molar-refractivity contribution in [1.29, 1.82) is 0 Å². The summed E-state index contributed by atoms with van der Waals surface area (Å²) < 4.78 is 0. The highest BCUT2D eigenvalue weighted by Gasteiger charge is 2.11. The van der Waals surface area contributed by atoms with Crippen molar-refractivity contribution in [2.75, 3.05) is 10.4 Å². The van der Waals surface area contributed by atoms with Crippen molar-refractivity contribution in [2.24, 2.45) is 0 Å². The van der Waals surface area contributed by atoms with Gasteiger partial charge in [0.25, 0.3) is 5.91 Å². The van der Waals surface area contributed by atoms with Crippen LogP contribution in [0, 0.1) is 0 Å². The molecule has 0 spiro atoms. The molecule has 0 unspecified atom stereocenters. The molecule has 0 saturated heterocycles. The Balaban J connectivity index is 2.27. The molecule has 0 aliphatic heterocycles. The van der Waals surface area contributed by atoms with Gasteiger partial charge in [0.05, 0.1) is 11.4 Å². The lowest BCUT2D eigenvalue weighted by Gasteiger charge is -2.23. The van der Waals surface area contributed by atoms with E-state index in [1.165, 1.54) is 11.1 Å². The second-order valence-electron chi connectivity index (χ2n) is 3.69. The van der Waals surface area contributed by atoms with Gasteiger partial charge >= 0.3 is 0 Å². The number of rotatable bonds is 4. The Kier molecular flexibility index (Phi) is 3.76. The Hall–Kier alpha value is -2.55. The highest BCUT2D eigenvalue weighted by Crippen LogP contribution is 2.16. The quantitative estimate of drug-likeness (QED) is 0.655. The molecular weight excluding hydrogens is 224 g/mol. The summed E-state index contributed by atoms with van der Waals surface area (Å²) in [7, 11) is 0. The molecule has 18 heavy (non-hydrogen) atoms. The number of benzene rings is 2. The third kappa shape index (κ3) is 2.77. The van der Waals surface area contributed by atoms with Crippen LogP contribution in [-0.2, 0) is 4.79 Å². The van der Waals surface area contributed by atoms with Gasteiger partial charge in [-0.1, -0.05) is 43.0 Å². The highest BCUT2D eigenvalue weighted by molar-refractivity contribution is 6.02. The summed E-state index contributed by atoms with van der Waals surface area (Å²) in [6.07, 6.45) is 1.28. The summed E-state index contributed by atoms with van der Waals surface area (Å²) in [4.78, 5) is 11.9. The number of carbonyl (C=O) groups is 1. The number of anilines is 2. The van der Waals surface area contributed by atoms with Gasteiger partial charge in [-0.15, -0.1) is 0 Å². The molecule has 1 N–H and O–H groups in total. The van der Waals surface area contributed by atoms with E-state index in [2.05, 4.69) is 12.0 Å². The van der Waals surface area contributed by atoms with Crippen molar-refractivity contribution in [3.05, 3.63) is 73.3 Å². The molecule has 0 bridgehead atoms. The van der Waals surface area contributed by atoms with Gasteiger partial charge in [-0.25, -0.2) is 5.01 Å². The minimum atomic E-state index is -0.204. The largest absolute Gasteiger partial charge is 0.291 e. The van der Waals surface area contributed by atoms with Crippen LogP contribution in [0.25, 0.3) is 0 Å². The van der Waals surface area contributed by atoms with Gasteiger partial charge in [0.15, 0.2) is 0 Å². The number of amides is 1. The maximum Gasteiger partial charge on any atom is 0.269 e. The van der Waals surface area contributed by atoms with Crippen LogP contribution in [0.15, 0.2) is 73.3 Å². The van der Waals surface area contributed by atoms with Crippen molar-refractivity contribution in [2.45, 2.75) is 0 Å². The molecule has 0 saturated carbocycles. The van der Waals surface area contributed by atoms with Gasteiger partial charge in [-0.3, -0.25) is 10.2 Å². The van der Waals surface area contributed by atoms with Crippen LogP contribution in [0.1, 0.15) is 0 Å². The molecule has 1 amide bonds. The van der Waals surface area contributed by atoms with Crippen LogP contribution < -0.4 is 10.4 Å². The molecule has 0 aliphatic rings. The zero-order valence-corrected chi connectivity index (χ0v) is 9.91. The third-order valence-corrected chi connectivity index (χ3v) is 2.42. The Morgan fingerprint density at radius 2 is 1.56 bits per heavy atom. The van der Waals surface area contributed by atoms with E-state index in [0.29, 0.717) is 0 Å². The fourth-order valence-electron chi connectivity index (χ4n) is 1.56. The molecule has 0 radical (unpaired) electrons. The lowest BCUT2D eigenvalue weighted by atomic mass is 10.3. The van der Waals surface area contributed by atoms with Crippen molar-refractivity contribution in [1.82, 2.24) is 0 Å². The molecule has 0 fully saturated rings. The van der Waals surface area contributed by atoms with Gasteiger partial charge in [0.2, 0.25) is 0 Å². The number of nitrogens with zero attached hydrogens (tertiary/aromatic N) is 1. The van der Waals surface area contributed by atoms with Crippen LogP contribution in [0.5, 0.6) is 0 Å². The zero-order chi connectivity index (χ0) is 12.8. The van der Waals surface area contributed by atoms with Crippen LogP contribution >= 0.6 is 0 Å². The van der Waals surface area contributed by atoms with E-state index in [9.17, 15) is 4.79 Å². The lowest BCUT2D eigenvalue weighted by molar-refractivity contribution is -0.113. The average molecular weight is 238 g/mol. The van der Waals surface area contributed by atoms with Crippen LogP contribution in [0.3, 0.4) is 0 Å². The SMILES string of the molecule is C=CC(=O)N(Nc1ccccc1)c1ccccc1. The normalized spacial score (nSPS) is 9.56. The lowest BCUT2D eigenvalue weighted by Crippen LogP contribution is -2.34. The van der Waals surface area contributed by atoms with Crippen molar-refractivity contribution in [3.63, 3.8) is 0 Å². The molecule has 2 aromatic rings. The van der Waals surface area contributed by atoms with E-state index in [4.69, 9.17) is 0 Å². The summed E-state index contributed by atoms with van der Waals surface area (Å²) in [6, 6.07) is 18.9. The first-order chi connectivity index (χ1) is 8.81. The zero-order valence-electron chi connectivity index (χ0n) is 9.91. The Morgan fingerprint density at radius 1 is 1.00 bits per heavy atom. The smallest absolute Gasteiger partial charge is 0.269 e. The standard InChI is InChI=1S/C15H14N2O/c1-2-15(18)17(14-11-7-4-8-12-14)16-13-9-5-3-6-10-13/h2-12,16H,1H2. The summed E-state index contributed by atoms with van der Waals surface area (Å²) in [6.45, 7) is 3.52. The number of carbonyl (C=O) groups excluding carboxylic acids is 1. The van der Waals surface area contributed by atoms with E-state index in [1.807, 2.05) is 60.7 Å². The second kappa shape index (κ2) is 5.68. The Morgan fingerprint density at radius 3 is 2.11 bits per heavy atom. The predicted octanol–water partition coefficient (Wildman–Crippen LogP) is 3.23. The number of nitrogens with one attached hydrogen (secondary N) is 1. The first-order valence-electron chi connectivity index (χ1n) is 5.64. The maximum atomic E-state index is 11.9. The number of para-hydroxylation sites is 2. The monoisotopic (exact) mass is 238 g/mol. The second-order valence-corrected chi connectivity index (χ2v) is 3.69. The molecule has 0 aliphatic carbocycles. The van der Waals surface area contributed by atoms with Gasteiger partial charge in [0, 0.05) is 0 Å². The van der Waals surface area contributed by atoms with Gasteiger partial charge in [-0.2, -0.15) is 0 Å². The van der Waals surface area contributed by atoms with Crippen molar-refractivity contribution < 1.29 is 4.79 Å².